The fraction of sp³-hybridized carbons (Fsp3) is 0. The maximum Gasteiger partial charge on any atom is 0.115 e. The topological polar surface area (TPSA) is 44.6 Å². The van der Waals surface area contributed by atoms with Crippen LogP contribution in [0.15, 0.2) is 36.4 Å². The highest BCUT2D eigenvalue weighted by Crippen LogP contribution is 2.32. The van der Waals surface area contributed by atoms with E-state index in [1.54, 1.807) is 24.3 Å². The number of hydrogen-bond donors (Lipinski definition) is 0. The molecule has 0 spiro atoms. The summed E-state index contributed by atoms with van der Waals surface area (Å²) < 4.78 is 0. The Balaban J connectivity index is 2.58. The monoisotopic (exact) mass is 178 g/mol. The minimum atomic E-state index is 0.280. The van der Waals surface area contributed by atoms with Crippen molar-refractivity contribution in [2.24, 2.45) is 0 Å². The summed E-state index contributed by atoms with van der Waals surface area (Å²) in [4.78, 5) is 0. The van der Waals surface area contributed by atoms with E-state index in [1.807, 2.05) is 12.1 Å². The predicted octanol–water partition coefficient (Wildman–Crippen LogP) is 1.81. The smallest absolute Gasteiger partial charge is 0.115 e. The second-order valence-corrected chi connectivity index (χ2v) is 3.46. The SMILES string of the molecule is [N-]=c1ccc2c([cH+]1)c1ccc(=[N-])[cH+]c21. The van der Waals surface area contributed by atoms with Crippen LogP contribution in [0.3, 0.4) is 0 Å². The van der Waals surface area contributed by atoms with E-state index in [-0.39, 0.29) is 10.7 Å². The molecular weight excluding hydrogens is 172 g/mol. The number of hydrogen-bond acceptors (Lipinski definition) is 0. The molecule has 2 heteroatoms. The van der Waals surface area contributed by atoms with Gasteiger partial charge in [0.15, 0.2) is 0 Å². The largest absolute Gasteiger partial charge is 0.785 e. The van der Waals surface area contributed by atoms with Crippen LogP contribution >= 0.6 is 0 Å². The van der Waals surface area contributed by atoms with Crippen molar-refractivity contribution in [3.63, 3.8) is 0 Å². The number of nitrogens with zero attached hydrogens (tertiary/aromatic N) is 2. The van der Waals surface area contributed by atoms with Crippen LogP contribution in [-0.2, 0) is 0 Å². The average molecular weight is 178 g/mol. The van der Waals surface area contributed by atoms with Crippen molar-refractivity contribution in [3.8, 4) is 0 Å². The summed E-state index contributed by atoms with van der Waals surface area (Å²) in [6, 6.07) is 10.5. The van der Waals surface area contributed by atoms with Gasteiger partial charge in [-0.15, -0.1) is 0 Å². The highest BCUT2D eigenvalue weighted by Gasteiger charge is 2.16. The van der Waals surface area contributed by atoms with Gasteiger partial charge in [-0.1, -0.05) is 10.7 Å². The fourth-order valence-electron chi connectivity index (χ4n) is 1.92. The number of benzene rings is 2. The Bertz CT molecular complexity index is 632. The van der Waals surface area contributed by atoms with E-state index in [0.717, 1.165) is 21.5 Å². The van der Waals surface area contributed by atoms with Crippen LogP contribution in [0.2, 0.25) is 0 Å². The summed E-state index contributed by atoms with van der Waals surface area (Å²) in [6.45, 7) is 0. The minimum absolute atomic E-state index is 0.280. The van der Waals surface area contributed by atoms with Crippen LogP contribution in [0.5, 0.6) is 0 Å². The van der Waals surface area contributed by atoms with Crippen LogP contribution in [0, 0.1) is 0 Å². The molecule has 2 nitrogen and oxygen atoms in total. The van der Waals surface area contributed by atoms with Gasteiger partial charge in [-0.05, 0) is 12.1 Å². The normalized spacial score (nSPS) is 11.4. The Kier molecular flexibility index (Phi) is 1.22. The van der Waals surface area contributed by atoms with Crippen molar-refractivity contribution in [2.75, 3.05) is 0 Å². The predicted molar refractivity (Wildman–Crippen MR) is 56.8 cm³/mol. The standard InChI is InChI=1S/C12H6N2/c13-7-1-3-9-11(5-7)10-4-2-8(14)6-12(9)10/h1-6H. The van der Waals surface area contributed by atoms with Crippen molar-refractivity contribution in [1.29, 1.82) is 0 Å². The summed E-state index contributed by atoms with van der Waals surface area (Å²) in [7, 11) is 0. The van der Waals surface area contributed by atoms with Gasteiger partial charge >= 0.3 is 0 Å². The number of fused-ring (bicyclic) bond motifs is 4. The van der Waals surface area contributed by atoms with Gasteiger partial charge in [-0.2, -0.15) is 0 Å². The van der Waals surface area contributed by atoms with Crippen molar-refractivity contribution < 1.29 is 0 Å². The molecule has 0 aliphatic rings. The van der Waals surface area contributed by atoms with Crippen LogP contribution in [0.1, 0.15) is 0 Å². The minimum Gasteiger partial charge on any atom is -0.785 e. The molecule has 0 aliphatic heterocycles. The molecule has 14 heavy (non-hydrogen) atoms. The summed E-state index contributed by atoms with van der Waals surface area (Å²) in [5, 5.41) is 23.5. The molecule has 3 aromatic carbocycles. The third-order valence-electron chi connectivity index (χ3n) is 2.59. The Hall–Kier alpha value is -1.96. The zero-order valence-electron chi connectivity index (χ0n) is 7.36. The van der Waals surface area contributed by atoms with Crippen molar-refractivity contribution in [3.05, 3.63) is 57.9 Å². The third kappa shape index (κ3) is 0.799. The molecular formula is C12H6N2. The second kappa shape index (κ2) is 2.29. The molecule has 3 rings (SSSR count). The van der Waals surface area contributed by atoms with E-state index in [9.17, 15) is 10.8 Å². The quantitative estimate of drug-likeness (QED) is 0.471. The van der Waals surface area contributed by atoms with Gasteiger partial charge in [0, 0.05) is 24.3 Å². The zero-order chi connectivity index (χ0) is 9.71. The Morgan fingerprint density at radius 3 is 1.57 bits per heavy atom. The molecule has 0 radical (unpaired) electrons. The van der Waals surface area contributed by atoms with E-state index in [0.29, 0.717) is 0 Å². The van der Waals surface area contributed by atoms with Crippen molar-refractivity contribution in [1.82, 2.24) is 0 Å². The zero-order valence-corrected chi connectivity index (χ0v) is 7.36. The highest BCUT2D eigenvalue weighted by atomic mass is 14.3. The molecule has 0 aliphatic carbocycles. The molecule has 0 saturated carbocycles. The lowest BCUT2D eigenvalue weighted by Crippen LogP contribution is -2.00. The lowest BCUT2D eigenvalue weighted by molar-refractivity contribution is 1.64. The van der Waals surface area contributed by atoms with E-state index in [1.165, 1.54) is 0 Å². The molecule has 0 aromatic heterocycles. The fourth-order valence-corrected chi connectivity index (χ4v) is 1.92. The van der Waals surface area contributed by atoms with Gasteiger partial charge in [-0.25, -0.2) is 0 Å². The maximum atomic E-state index is 9.30. The van der Waals surface area contributed by atoms with E-state index in [2.05, 4.69) is 0 Å². The van der Waals surface area contributed by atoms with E-state index >= 15 is 0 Å². The van der Waals surface area contributed by atoms with Crippen molar-refractivity contribution >= 4 is 21.5 Å². The molecule has 64 valence electrons. The van der Waals surface area contributed by atoms with Crippen molar-refractivity contribution in [2.45, 2.75) is 0 Å². The first-order valence-corrected chi connectivity index (χ1v) is 4.42. The summed E-state index contributed by atoms with van der Waals surface area (Å²) in [5.41, 5.74) is 0. The lowest BCUT2D eigenvalue weighted by Gasteiger charge is -2.02. The third-order valence-corrected chi connectivity index (χ3v) is 2.59. The van der Waals surface area contributed by atoms with Gasteiger partial charge in [-0.3, -0.25) is 0 Å². The Morgan fingerprint density at radius 2 is 1.14 bits per heavy atom. The molecule has 0 heterocycles. The molecule has 0 unspecified atom stereocenters. The van der Waals surface area contributed by atoms with Crippen LogP contribution in [0.4, 0.5) is 0 Å². The molecule has 0 amide bonds. The van der Waals surface area contributed by atoms with Gasteiger partial charge in [0.1, 0.15) is 10.8 Å². The van der Waals surface area contributed by atoms with Crippen LogP contribution < -0.4 is 10.7 Å². The van der Waals surface area contributed by atoms with Gasteiger partial charge in [0.2, 0.25) is 0 Å². The summed E-state index contributed by atoms with van der Waals surface area (Å²) >= 11 is 0. The van der Waals surface area contributed by atoms with E-state index in [4.69, 9.17) is 0 Å². The lowest BCUT2D eigenvalue weighted by atomic mass is 9.94. The average Bonchev–Trinajstić information content (AvgIpc) is 2.16. The molecule has 3 aromatic rings. The summed E-state index contributed by atoms with van der Waals surface area (Å²) in [6.07, 6.45) is 0. The van der Waals surface area contributed by atoms with E-state index < -0.39 is 0 Å². The van der Waals surface area contributed by atoms with Gasteiger partial charge < -0.3 is 10.8 Å². The van der Waals surface area contributed by atoms with Crippen LogP contribution in [0.25, 0.3) is 32.4 Å². The number of rotatable bonds is 0. The molecule has 0 saturated heterocycles. The highest BCUT2D eigenvalue weighted by molar-refractivity contribution is 6.24. The summed E-state index contributed by atoms with van der Waals surface area (Å²) in [5.74, 6) is 0. The maximum absolute atomic E-state index is 9.30. The molecule has 0 bridgehead atoms. The molecule has 0 N–H and O–H groups in total. The van der Waals surface area contributed by atoms with Gasteiger partial charge in [0.05, 0.1) is 10.8 Å². The van der Waals surface area contributed by atoms with Gasteiger partial charge in [0.25, 0.3) is 0 Å². The Labute approximate surface area is 80.1 Å². The first-order valence-electron chi connectivity index (χ1n) is 4.42. The molecule has 0 fully saturated rings. The van der Waals surface area contributed by atoms with Crippen LogP contribution in [-0.4, -0.2) is 0 Å². The Morgan fingerprint density at radius 1 is 0.714 bits per heavy atom. The second-order valence-electron chi connectivity index (χ2n) is 3.46. The molecule has 0 atom stereocenters. The first kappa shape index (κ1) is 7.44. The first-order chi connectivity index (χ1) is 6.75.